The Labute approximate surface area is 145 Å². The monoisotopic (exact) mass is 327 g/mol. The summed E-state index contributed by atoms with van der Waals surface area (Å²) in [6, 6.07) is 14.8. The van der Waals surface area contributed by atoms with E-state index < -0.39 is 0 Å². The van der Waals surface area contributed by atoms with Crippen molar-refractivity contribution in [2.45, 2.75) is 52.6 Å². The number of amides is 1. The van der Waals surface area contributed by atoms with Gasteiger partial charge in [-0.2, -0.15) is 0 Å². The molecule has 0 saturated heterocycles. The van der Waals surface area contributed by atoms with Crippen molar-refractivity contribution in [3.8, 4) is 0 Å². The lowest BCUT2D eigenvalue weighted by Crippen LogP contribution is -2.35. The molecule has 0 fully saturated rings. The second kappa shape index (κ2) is 8.29. The molecule has 3 heteroatoms. The molecule has 2 aromatic carbocycles. The summed E-state index contributed by atoms with van der Waals surface area (Å²) in [6.45, 7) is 6.52. The van der Waals surface area contributed by atoms with Gasteiger partial charge in [-0.05, 0) is 47.9 Å². The van der Waals surface area contributed by atoms with Gasteiger partial charge in [-0.15, -0.1) is 0 Å². The van der Waals surface area contributed by atoms with E-state index in [4.69, 9.17) is 0 Å². The van der Waals surface area contributed by atoms with Gasteiger partial charge in [0.1, 0.15) is 0 Å². The summed E-state index contributed by atoms with van der Waals surface area (Å²) in [5, 5.41) is 15.0. The van der Waals surface area contributed by atoms with Crippen LogP contribution in [-0.4, -0.2) is 23.7 Å². The summed E-state index contributed by atoms with van der Waals surface area (Å²) < 4.78 is 0. The van der Waals surface area contributed by atoms with Gasteiger partial charge in [-0.25, -0.2) is 0 Å². The van der Waals surface area contributed by atoms with E-state index in [1.165, 1.54) is 16.3 Å². The van der Waals surface area contributed by atoms with Gasteiger partial charge in [0.25, 0.3) is 0 Å². The lowest BCUT2D eigenvalue weighted by Gasteiger charge is -2.26. The van der Waals surface area contributed by atoms with Crippen LogP contribution in [-0.2, 0) is 11.2 Å². The molecule has 1 amide bonds. The minimum absolute atomic E-state index is 0.0812. The molecule has 0 aromatic heterocycles. The van der Waals surface area contributed by atoms with Gasteiger partial charge < -0.3 is 10.4 Å². The molecule has 0 bridgehead atoms. The summed E-state index contributed by atoms with van der Waals surface area (Å²) in [5.74, 6) is 0.0921. The topological polar surface area (TPSA) is 49.3 Å². The molecular weight excluding hydrogens is 298 g/mol. The Morgan fingerprint density at radius 2 is 1.88 bits per heavy atom. The van der Waals surface area contributed by atoms with Crippen LogP contribution in [0.1, 0.15) is 45.6 Å². The van der Waals surface area contributed by atoms with E-state index in [9.17, 15) is 9.90 Å². The fourth-order valence-electron chi connectivity index (χ4n) is 3.15. The minimum atomic E-state index is -0.343. The Hall–Kier alpha value is -1.87. The van der Waals surface area contributed by atoms with Gasteiger partial charge in [-0.3, -0.25) is 4.79 Å². The van der Waals surface area contributed by atoms with Crippen LogP contribution >= 0.6 is 0 Å². The molecule has 0 aliphatic rings. The average molecular weight is 327 g/mol. The Kier molecular flexibility index (Phi) is 6.38. The lowest BCUT2D eigenvalue weighted by atomic mass is 9.87. The van der Waals surface area contributed by atoms with Gasteiger partial charge in [0.05, 0.1) is 6.10 Å². The fourth-order valence-corrected chi connectivity index (χ4v) is 3.15. The maximum Gasteiger partial charge on any atom is 0.220 e. The summed E-state index contributed by atoms with van der Waals surface area (Å²) in [5.41, 5.74) is 1.19. The normalized spacial score (nSPS) is 13.0. The Morgan fingerprint density at radius 3 is 2.58 bits per heavy atom. The smallest absolute Gasteiger partial charge is 0.220 e. The van der Waals surface area contributed by atoms with Crippen LogP contribution in [0.25, 0.3) is 10.8 Å². The molecule has 0 aliphatic heterocycles. The number of carbonyl (C=O) groups is 1. The van der Waals surface area contributed by atoms with Crippen LogP contribution < -0.4 is 5.32 Å². The van der Waals surface area contributed by atoms with Crippen molar-refractivity contribution in [2.75, 3.05) is 6.54 Å². The number of aliphatic hydroxyl groups excluding tert-OH is 1. The zero-order valence-corrected chi connectivity index (χ0v) is 15.0. The van der Waals surface area contributed by atoms with Crippen LogP contribution in [0.5, 0.6) is 0 Å². The van der Waals surface area contributed by atoms with Crippen molar-refractivity contribution >= 4 is 16.7 Å². The molecule has 2 rings (SSSR count). The molecule has 1 atom stereocenters. The van der Waals surface area contributed by atoms with E-state index in [-0.39, 0.29) is 17.4 Å². The summed E-state index contributed by atoms with van der Waals surface area (Å²) >= 11 is 0. The highest BCUT2D eigenvalue weighted by Crippen LogP contribution is 2.21. The molecule has 0 saturated carbocycles. The van der Waals surface area contributed by atoms with E-state index in [2.05, 4.69) is 55.6 Å². The molecule has 24 heavy (non-hydrogen) atoms. The molecule has 1 unspecified atom stereocenters. The number of nitrogens with one attached hydrogen (secondary N) is 1. The van der Waals surface area contributed by atoms with E-state index >= 15 is 0 Å². The second-order valence-electron chi connectivity index (χ2n) is 7.53. The van der Waals surface area contributed by atoms with Gasteiger partial charge >= 0.3 is 0 Å². The van der Waals surface area contributed by atoms with Crippen molar-refractivity contribution < 1.29 is 9.90 Å². The standard InChI is InChI=1S/C21H29NO2/c1-16(23)14-21(2,3)15-22-20(24)10-6-7-17-11-12-18-8-4-5-9-19(18)13-17/h4-5,8-9,11-13,16,23H,6-7,10,14-15H2,1-3H3,(H,22,24). The summed E-state index contributed by atoms with van der Waals surface area (Å²) in [7, 11) is 0. The molecule has 2 aromatic rings. The number of hydrogen-bond donors (Lipinski definition) is 2. The van der Waals surface area contributed by atoms with Crippen molar-refractivity contribution in [2.24, 2.45) is 5.41 Å². The molecule has 3 nitrogen and oxygen atoms in total. The maximum absolute atomic E-state index is 12.0. The molecule has 0 radical (unpaired) electrons. The van der Waals surface area contributed by atoms with Crippen molar-refractivity contribution in [3.63, 3.8) is 0 Å². The molecule has 0 aliphatic carbocycles. The number of benzene rings is 2. The van der Waals surface area contributed by atoms with E-state index in [0.29, 0.717) is 19.4 Å². The van der Waals surface area contributed by atoms with Gasteiger partial charge in [0, 0.05) is 13.0 Å². The predicted octanol–water partition coefficient (Wildman–Crippen LogP) is 4.08. The minimum Gasteiger partial charge on any atom is -0.393 e. The zero-order valence-electron chi connectivity index (χ0n) is 15.0. The molecule has 2 N–H and O–H groups in total. The largest absolute Gasteiger partial charge is 0.393 e. The molecule has 0 spiro atoms. The first kappa shape index (κ1) is 18.5. The number of carbonyl (C=O) groups excluding carboxylic acids is 1. The number of rotatable bonds is 8. The van der Waals surface area contributed by atoms with Crippen LogP contribution in [0.2, 0.25) is 0 Å². The number of aliphatic hydroxyl groups is 1. The third-order valence-corrected chi connectivity index (χ3v) is 4.30. The highest BCUT2D eigenvalue weighted by Gasteiger charge is 2.20. The van der Waals surface area contributed by atoms with Crippen LogP contribution in [0.15, 0.2) is 42.5 Å². The SMILES string of the molecule is CC(O)CC(C)(C)CNC(=O)CCCc1ccc2ccccc2c1. The van der Waals surface area contributed by atoms with Gasteiger partial charge in [0.2, 0.25) is 5.91 Å². The van der Waals surface area contributed by atoms with Crippen LogP contribution in [0, 0.1) is 5.41 Å². The summed E-state index contributed by atoms with van der Waals surface area (Å²) in [4.78, 5) is 12.0. The third kappa shape index (κ3) is 5.97. The van der Waals surface area contributed by atoms with Gasteiger partial charge in [0.15, 0.2) is 0 Å². The first-order valence-corrected chi connectivity index (χ1v) is 8.78. The van der Waals surface area contributed by atoms with E-state index in [1.54, 1.807) is 6.92 Å². The van der Waals surface area contributed by atoms with E-state index in [1.807, 2.05) is 6.07 Å². The van der Waals surface area contributed by atoms with Crippen molar-refractivity contribution in [1.82, 2.24) is 5.32 Å². The average Bonchev–Trinajstić information content (AvgIpc) is 2.52. The predicted molar refractivity (Wildman–Crippen MR) is 100.0 cm³/mol. The first-order chi connectivity index (χ1) is 11.4. The number of fused-ring (bicyclic) bond motifs is 1. The number of hydrogen-bond acceptors (Lipinski definition) is 2. The molecule has 0 heterocycles. The highest BCUT2D eigenvalue weighted by molar-refractivity contribution is 5.83. The third-order valence-electron chi connectivity index (χ3n) is 4.30. The Morgan fingerprint density at radius 1 is 1.17 bits per heavy atom. The Balaban J connectivity index is 1.75. The Bertz CT molecular complexity index is 676. The van der Waals surface area contributed by atoms with Crippen LogP contribution in [0.3, 0.4) is 0 Å². The number of aryl methyl sites for hydroxylation is 1. The zero-order chi connectivity index (χ0) is 17.6. The quantitative estimate of drug-likeness (QED) is 0.767. The van der Waals surface area contributed by atoms with E-state index in [0.717, 1.165) is 12.8 Å². The summed E-state index contributed by atoms with van der Waals surface area (Å²) in [6.07, 6.45) is 2.64. The highest BCUT2D eigenvalue weighted by atomic mass is 16.3. The molecular formula is C21H29NO2. The van der Waals surface area contributed by atoms with Crippen molar-refractivity contribution in [1.29, 1.82) is 0 Å². The van der Waals surface area contributed by atoms with Gasteiger partial charge in [-0.1, -0.05) is 56.3 Å². The second-order valence-corrected chi connectivity index (χ2v) is 7.53. The van der Waals surface area contributed by atoms with Crippen molar-refractivity contribution in [3.05, 3.63) is 48.0 Å². The fraction of sp³-hybridized carbons (Fsp3) is 0.476. The molecule has 130 valence electrons. The first-order valence-electron chi connectivity index (χ1n) is 8.78. The van der Waals surface area contributed by atoms with Crippen LogP contribution in [0.4, 0.5) is 0 Å². The lowest BCUT2D eigenvalue weighted by molar-refractivity contribution is -0.121. The maximum atomic E-state index is 12.0.